The summed E-state index contributed by atoms with van der Waals surface area (Å²) in [6.45, 7) is 6.29. The van der Waals surface area contributed by atoms with E-state index >= 15 is 0 Å². The monoisotopic (exact) mass is 330 g/mol. The van der Waals surface area contributed by atoms with Gasteiger partial charge in [-0.15, -0.1) is 5.10 Å². The highest BCUT2D eigenvalue weighted by atomic mass is 16.5. The third kappa shape index (κ3) is 3.31. The molecule has 0 bridgehead atoms. The van der Waals surface area contributed by atoms with Crippen LogP contribution in [0.25, 0.3) is 10.9 Å². The summed E-state index contributed by atoms with van der Waals surface area (Å²) in [4.78, 5) is 25.1. The van der Waals surface area contributed by atoms with E-state index in [-0.39, 0.29) is 23.1 Å². The smallest absolute Gasteiger partial charge is 0.278 e. The Balaban J connectivity index is 1.79. The zero-order valence-electron chi connectivity index (χ0n) is 14.2. The van der Waals surface area contributed by atoms with Gasteiger partial charge in [0.15, 0.2) is 0 Å². The van der Waals surface area contributed by atoms with Crippen LogP contribution in [0.1, 0.15) is 39.7 Å². The van der Waals surface area contributed by atoms with Gasteiger partial charge in [0.2, 0.25) is 5.91 Å². The standard InChI is InChI=1S/C17H22N4O3/c1-11(15(22)18-12-8-9-24-17(2,3)10-12)21-16(23)13-6-4-5-7-14(13)19-20-21/h4-7,11-12H,8-10H2,1-3H3,(H,18,22)/t11-,12-/m1/s1. The summed E-state index contributed by atoms with van der Waals surface area (Å²) in [5, 5.41) is 11.4. The van der Waals surface area contributed by atoms with Crippen LogP contribution >= 0.6 is 0 Å². The summed E-state index contributed by atoms with van der Waals surface area (Å²) >= 11 is 0. The van der Waals surface area contributed by atoms with Crippen LogP contribution in [0.3, 0.4) is 0 Å². The zero-order valence-corrected chi connectivity index (χ0v) is 14.2. The van der Waals surface area contributed by atoms with E-state index in [1.807, 2.05) is 13.8 Å². The largest absolute Gasteiger partial charge is 0.375 e. The topological polar surface area (TPSA) is 86.1 Å². The number of aromatic nitrogens is 3. The van der Waals surface area contributed by atoms with E-state index in [2.05, 4.69) is 15.6 Å². The first-order valence-electron chi connectivity index (χ1n) is 8.16. The highest BCUT2D eigenvalue weighted by molar-refractivity contribution is 5.81. The molecule has 0 aliphatic carbocycles. The summed E-state index contributed by atoms with van der Waals surface area (Å²) in [6.07, 6.45) is 1.50. The number of benzene rings is 1. The van der Waals surface area contributed by atoms with Crippen molar-refractivity contribution in [3.63, 3.8) is 0 Å². The van der Waals surface area contributed by atoms with Crippen molar-refractivity contribution in [1.29, 1.82) is 0 Å². The number of fused-ring (bicyclic) bond motifs is 1. The molecule has 7 heteroatoms. The third-order valence-electron chi connectivity index (χ3n) is 4.38. The molecule has 2 aromatic rings. The van der Waals surface area contributed by atoms with Gasteiger partial charge in [-0.25, -0.2) is 0 Å². The molecule has 0 saturated carbocycles. The van der Waals surface area contributed by atoms with Crippen molar-refractivity contribution in [2.45, 2.75) is 51.3 Å². The van der Waals surface area contributed by atoms with Crippen LogP contribution in [0.2, 0.25) is 0 Å². The molecule has 1 N–H and O–H groups in total. The van der Waals surface area contributed by atoms with Gasteiger partial charge >= 0.3 is 0 Å². The summed E-state index contributed by atoms with van der Waals surface area (Å²) in [5.41, 5.74) is -0.0351. The van der Waals surface area contributed by atoms with Gasteiger partial charge in [0.25, 0.3) is 5.56 Å². The van der Waals surface area contributed by atoms with E-state index in [1.54, 1.807) is 31.2 Å². The van der Waals surface area contributed by atoms with Crippen LogP contribution in [0.5, 0.6) is 0 Å². The maximum absolute atomic E-state index is 12.5. The maximum Gasteiger partial charge on any atom is 0.278 e. The Bertz CT molecular complexity index is 815. The lowest BCUT2D eigenvalue weighted by Crippen LogP contribution is -2.48. The molecule has 0 radical (unpaired) electrons. The molecule has 1 aromatic heterocycles. The fourth-order valence-corrected chi connectivity index (χ4v) is 3.04. The van der Waals surface area contributed by atoms with E-state index in [4.69, 9.17) is 4.74 Å². The van der Waals surface area contributed by atoms with Gasteiger partial charge in [-0.2, -0.15) is 4.68 Å². The first-order chi connectivity index (χ1) is 11.4. The Kier molecular flexibility index (Phi) is 4.36. The van der Waals surface area contributed by atoms with Gasteiger partial charge in [0.1, 0.15) is 11.6 Å². The van der Waals surface area contributed by atoms with Crippen molar-refractivity contribution >= 4 is 16.8 Å². The van der Waals surface area contributed by atoms with Crippen molar-refractivity contribution in [2.24, 2.45) is 0 Å². The Morgan fingerprint density at radius 2 is 2.17 bits per heavy atom. The summed E-state index contributed by atoms with van der Waals surface area (Å²) < 4.78 is 6.80. The predicted molar refractivity (Wildman–Crippen MR) is 89.7 cm³/mol. The Hall–Kier alpha value is -2.28. The number of hydrogen-bond donors (Lipinski definition) is 1. The molecule has 7 nitrogen and oxygen atoms in total. The lowest BCUT2D eigenvalue weighted by atomic mass is 9.94. The first-order valence-corrected chi connectivity index (χ1v) is 8.16. The average Bonchev–Trinajstić information content (AvgIpc) is 2.54. The van der Waals surface area contributed by atoms with Gasteiger partial charge in [0.05, 0.1) is 11.0 Å². The van der Waals surface area contributed by atoms with Crippen LogP contribution in [-0.4, -0.2) is 39.2 Å². The highest BCUT2D eigenvalue weighted by Crippen LogP contribution is 2.24. The summed E-state index contributed by atoms with van der Waals surface area (Å²) in [6, 6.07) is 6.29. The van der Waals surface area contributed by atoms with Crippen LogP contribution in [0, 0.1) is 0 Å². The van der Waals surface area contributed by atoms with E-state index in [1.165, 1.54) is 0 Å². The van der Waals surface area contributed by atoms with Crippen molar-refractivity contribution in [3.05, 3.63) is 34.6 Å². The molecule has 1 fully saturated rings. The molecule has 2 heterocycles. The second kappa shape index (κ2) is 6.32. The van der Waals surface area contributed by atoms with Crippen molar-refractivity contribution < 1.29 is 9.53 Å². The molecule has 1 aromatic carbocycles. The van der Waals surface area contributed by atoms with Crippen LogP contribution in [-0.2, 0) is 9.53 Å². The lowest BCUT2D eigenvalue weighted by molar-refractivity contribution is -0.127. The number of hydrogen-bond acceptors (Lipinski definition) is 5. The number of ether oxygens (including phenoxy) is 1. The molecule has 0 spiro atoms. The molecule has 1 amide bonds. The van der Waals surface area contributed by atoms with Gasteiger partial charge in [-0.05, 0) is 45.7 Å². The third-order valence-corrected chi connectivity index (χ3v) is 4.38. The van der Waals surface area contributed by atoms with E-state index in [0.29, 0.717) is 17.5 Å². The molecule has 1 aliphatic rings. The van der Waals surface area contributed by atoms with Crippen molar-refractivity contribution in [3.8, 4) is 0 Å². The van der Waals surface area contributed by atoms with Gasteiger partial charge < -0.3 is 10.1 Å². The predicted octanol–water partition coefficient (Wildman–Crippen LogP) is 1.43. The second-order valence-corrected chi connectivity index (χ2v) is 6.84. The number of carbonyl (C=O) groups excluding carboxylic acids is 1. The molecule has 1 aliphatic heterocycles. The molecule has 1 saturated heterocycles. The summed E-state index contributed by atoms with van der Waals surface area (Å²) in [7, 11) is 0. The lowest BCUT2D eigenvalue weighted by Gasteiger charge is -2.36. The normalized spacial score (nSPS) is 21.4. The Morgan fingerprint density at radius 3 is 2.92 bits per heavy atom. The van der Waals surface area contributed by atoms with E-state index in [9.17, 15) is 9.59 Å². The minimum absolute atomic E-state index is 0.0350. The molecule has 0 unspecified atom stereocenters. The second-order valence-electron chi connectivity index (χ2n) is 6.84. The highest BCUT2D eigenvalue weighted by Gasteiger charge is 2.31. The van der Waals surface area contributed by atoms with Gasteiger partial charge in [-0.3, -0.25) is 9.59 Å². The van der Waals surface area contributed by atoms with Crippen molar-refractivity contribution in [1.82, 2.24) is 20.3 Å². The quantitative estimate of drug-likeness (QED) is 0.920. The van der Waals surface area contributed by atoms with E-state index < -0.39 is 6.04 Å². The molecular weight excluding hydrogens is 308 g/mol. The summed E-state index contributed by atoms with van der Waals surface area (Å²) in [5.74, 6) is -0.232. The molecule has 3 rings (SSSR count). The zero-order chi connectivity index (χ0) is 17.3. The molecule has 2 atom stereocenters. The Labute approximate surface area is 140 Å². The SMILES string of the molecule is C[C@H](C(=O)N[C@@H]1CCOC(C)(C)C1)n1nnc2ccccc2c1=O. The minimum Gasteiger partial charge on any atom is -0.375 e. The van der Waals surface area contributed by atoms with E-state index in [0.717, 1.165) is 17.5 Å². The van der Waals surface area contributed by atoms with Crippen LogP contribution < -0.4 is 10.9 Å². The molecule has 128 valence electrons. The fourth-order valence-electron chi connectivity index (χ4n) is 3.04. The number of nitrogens with zero attached hydrogens (tertiary/aromatic N) is 3. The maximum atomic E-state index is 12.5. The minimum atomic E-state index is -0.722. The van der Waals surface area contributed by atoms with Crippen LogP contribution in [0.15, 0.2) is 29.1 Å². The Morgan fingerprint density at radius 1 is 1.42 bits per heavy atom. The number of nitrogens with one attached hydrogen (secondary N) is 1. The van der Waals surface area contributed by atoms with Gasteiger partial charge in [0, 0.05) is 12.6 Å². The van der Waals surface area contributed by atoms with Crippen molar-refractivity contribution in [2.75, 3.05) is 6.61 Å². The number of rotatable bonds is 3. The first kappa shape index (κ1) is 16.6. The number of carbonyl (C=O) groups is 1. The molecule has 24 heavy (non-hydrogen) atoms. The number of amides is 1. The van der Waals surface area contributed by atoms with Gasteiger partial charge in [-0.1, -0.05) is 17.3 Å². The van der Waals surface area contributed by atoms with Crippen LogP contribution in [0.4, 0.5) is 0 Å². The fraction of sp³-hybridized carbons (Fsp3) is 0.529. The molecular formula is C17H22N4O3. The average molecular weight is 330 g/mol.